The van der Waals surface area contributed by atoms with Crippen LogP contribution in [-0.4, -0.2) is 40.1 Å². The summed E-state index contributed by atoms with van der Waals surface area (Å²) in [5.74, 6) is -0.375. The number of carboxylic acids is 1. The fourth-order valence-corrected chi connectivity index (χ4v) is 2.67. The van der Waals surface area contributed by atoms with Crippen molar-refractivity contribution in [2.24, 2.45) is 0 Å². The number of carboxylic acid groups (broad SMARTS) is 1. The molecule has 0 aliphatic heterocycles. The Morgan fingerprint density at radius 2 is 2.39 bits per heavy atom. The summed E-state index contributed by atoms with van der Waals surface area (Å²) >= 11 is 6.00. The van der Waals surface area contributed by atoms with Gasteiger partial charge in [0, 0.05) is 0 Å². The molecular formula is C9H12BrN3O3S2. The van der Waals surface area contributed by atoms with Crippen molar-refractivity contribution in [2.45, 2.75) is 12.5 Å². The largest absolute Gasteiger partial charge is 0.480 e. The molecule has 0 radical (unpaired) electrons. The van der Waals surface area contributed by atoms with E-state index in [9.17, 15) is 9.59 Å². The van der Waals surface area contributed by atoms with Crippen LogP contribution >= 0.6 is 39.0 Å². The van der Waals surface area contributed by atoms with Gasteiger partial charge >= 0.3 is 12.0 Å². The molecule has 0 aromatic carbocycles. The molecule has 1 aromatic heterocycles. The predicted octanol–water partition coefficient (Wildman–Crippen LogP) is 2.23. The van der Waals surface area contributed by atoms with Crippen molar-refractivity contribution >= 4 is 56.2 Å². The van der Waals surface area contributed by atoms with E-state index < -0.39 is 18.0 Å². The van der Waals surface area contributed by atoms with E-state index >= 15 is 0 Å². The van der Waals surface area contributed by atoms with Crippen LogP contribution in [0.5, 0.6) is 0 Å². The number of carbonyl (C=O) groups excluding carboxylic acids is 1. The second kappa shape index (κ2) is 7.59. The van der Waals surface area contributed by atoms with Gasteiger partial charge in [0.2, 0.25) is 0 Å². The van der Waals surface area contributed by atoms with Gasteiger partial charge in [-0.15, -0.1) is 0 Å². The number of hydrogen-bond acceptors (Lipinski definition) is 5. The van der Waals surface area contributed by atoms with Crippen molar-refractivity contribution in [3.8, 4) is 0 Å². The third kappa shape index (κ3) is 5.23. The molecule has 1 heterocycles. The number of urea groups is 1. The van der Waals surface area contributed by atoms with E-state index in [1.807, 2.05) is 6.26 Å². The summed E-state index contributed by atoms with van der Waals surface area (Å²) in [6.45, 7) is 0. The van der Waals surface area contributed by atoms with Crippen LogP contribution in [0.4, 0.5) is 9.93 Å². The zero-order valence-corrected chi connectivity index (χ0v) is 12.7. The quantitative estimate of drug-likeness (QED) is 0.729. The summed E-state index contributed by atoms with van der Waals surface area (Å²) in [4.78, 5) is 26.4. The fraction of sp³-hybridized carbons (Fsp3) is 0.444. The predicted molar refractivity (Wildman–Crippen MR) is 76.4 cm³/mol. The zero-order valence-electron chi connectivity index (χ0n) is 9.47. The number of aliphatic carboxylic acids is 1. The van der Waals surface area contributed by atoms with Crippen molar-refractivity contribution in [1.29, 1.82) is 0 Å². The maximum Gasteiger partial charge on any atom is 0.326 e. The van der Waals surface area contributed by atoms with Gasteiger partial charge in [0.05, 0.1) is 9.98 Å². The second-order valence-electron chi connectivity index (χ2n) is 3.24. The molecule has 1 atom stereocenters. The van der Waals surface area contributed by atoms with Crippen LogP contribution in [0.3, 0.4) is 0 Å². The van der Waals surface area contributed by atoms with E-state index in [4.69, 9.17) is 5.11 Å². The number of aromatic nitrogens is 1. The summed E-state index contributed by atoms with van der Waals surface area (Å²) in [5.41, 5.74) is 0. The molecule has 9 heteroatoms. The van der Waals surface area contributed by atoms with Crippen LogP contribution in [0.25, 0.3) is 0 Å². The molecule has 0 saturated heterocycles. The molecule has 2 amide bonds. The summed E-state index contributed by atoms with van der Waals surface area (Å²) in [6.07, 6.45) is 3.82. The lowest BCUT2D eigenvalue weighted by atomic mass is 10.2. The van der Waals surface area contributed by atoms with E-state index in [2.05, 4.69) is 31.5 Å². The highest BCUT2D eigenvalue weighted by molar-refractivity contribution is 9.11. The Hall–Kier alpha value is -0.800. The molecule has 0 aliphatic carbocycles. The van der Waals surface area contributed by atoms with Crippen LogP contribution in [0.1, 0.15) is 6.42 Å². The summed E-state index contributed by atoms with van der Waals surface area (Å²) in [5, 5.41) is 14.2. The minimum absolute atomic E-state index is 0.380. The molecule has 1 rings (SSSR count). The maximum atomic E-state index is 11.6. The van der Waals surface area contributed by atoms with Crippen LogP contribution in [0, 0.1) is 0 Å². The molecule has 100 valence electrons. The Kier molecular flexibility index (Phi) is 6.44. The number of halogens is 1. The first-order valence-corrected chi connectivity index (χ1v) is 7.94. The van der Waals surface area contributed by atoms with Crippen LogP contribution in [0.15, 0.2) is 9.98 Å². The molecule has 0 spiro atoms. The van der Waals surface area contributed by atoms with E-state index in [-0.39, 0.29) is 0 Å². The molecule has 0 bridgehead atoms. The molecule has 0 aliphatic rings. The monoisotopic (exact) mass is 353 g/mol. The Morgan fingerprint density at radius 3 is 2.89 bits per heavy atom. The summed E-state index contributed by atoms with van der Waals surface area (Å²) < 4.78 is 0.787. The van der Waals surface area contributed by atoms with Gasteiger partial charge in [-0.05, 0) is 34.4 Å². The Morgan fingerprint density at radius 1 is 1.67 bits per heavy atom. The summed E-state index contributed by atoms with van der Waals surface area (Å²) in [6, 6.07) is -1.45. The van der Waals surface area contributed by atoms with Crippen LogP contribution in [0.2, 0.25) is 0 Å². The normalized spacial score (nSPS) is 11.9. The Balaban J connectivity index is 2.48. The maximum absolute atomic E-state index is 11.6. The smallest absolute Gasteiger partial charge is 0.326 e. The van der Waals surface area contributed by atoms with Gasteiger partial charge in [-0.3, -0.25) is 5.32 Å². The third-order valence-corrected chi connectivity index (χ3v) is 3.95. The van der Waals surface area contributed by atoms with Crippen molar-refractivity contribution in [3.05, 3.63) is 9.98 Å². The average Bonchev–Trinajstić information content (AvgIpc) is 2.69. The first kappa shape index (κ1) is 15.3. The van der Waals surface area contributed by atoms with Crippen molar-refractivity contribution in [3.63, 3.8) is 0 Å². The molecule has 0 saturated carbocycles. The highest BCUT2D eigenvalue weighted by atomic mass is 79.9. The number of nitrogens with one attached hydrogen (secondary N) is 2. The van der Waals surface area contributed by atoms with Crippen LogP contribution < -0.4 is 10.6 Å². The molecule has 1 aromatic rings. The topological polar surface area (TPSA) is 91.3 Å². The van der Waals surface area contributed by atoms with Gasteiger partial charge in [0.25, 0.3) is 0 Å². The number of hydrogen-bond donors (Lipinski definition) is 3. The first-order valence-electron chi connectivity index (χ1n) is 4.93. The zero-order chi connectivity index (χ0) is 13.5. The molecular weight excluding hydrogens is 342 g/mol. The SMILES string of the molecule is CSCC[C@@H](NC(=O)Nc1ncc(Br)s1)C(=O)O. The van der Waals surface area contributed by atoms with Crippen molar-refractivity contribution in [1.82, 2.24) is 10.3 Å². The second-order valence-corrected chi connectivity index (χ2v) is 6.64. The van der Waals surface area contributed by atoms with Gasteiger partial charge < -0.3 is 10.4 Å². The minimum Gasteiger partial charge on any atom is -0.480 e. The lowest BCUT2D eigenvalue weighted by Crippen LogP contribution is -2.43. The highest BCUT2D eigenvalue weighted by Crippen LogP contribution is 2.22. The number of carbonyl (C=O) groups is 2. The third-order valence-electron chi connectivity index (χ3n) is 1.91. The van der Waals surface area contributed by atoms with E-state index in [0.717, 1.165) is 3.79 Å². The minimum atomic E-state index is -1.04. The Labute approximate surface area is 121 Å². The van der Waals surface area contributed by atoms with Crippen molar-refractivity contribution < 1.29 is 14.7 Å². The molecule has 3 N–H and O–H groups in total. The first-order chi connectivity index (χ1) is 8.52. The van der Waals surface area contributed by atoms with Gasteiger partial charge in [-0.1, -0.05) is 11.3 Å². The van der Waals surface area contributed by atoms with Gasteiger partial charge in [0.1, 0.15) is 6.04 Å². The molecule has 0 unspecified atom stereocenters. The van der Waals surface area contributed by atoms with Gasteiger partial charge in [-0.2, -0.15) is 11.8 Å². The summed E-state index contributed by atoms with van der Waals surface area (Å²) in [7, 11) is 0. The molecule has 6 nitrogen and oxygen atoms in total. The lowest BCUT2D eigenvalue weighted by molar-refractivity contribution is -0.139. The fourth-order valence-electron chi connectivity index (χ4n) is 1.10. The lowest BCUT2D eigenvalue weighted by Gasteiger charge is -2.13. The van der Waals surface area contributed by atoms with Gasteiger partial charge in [0.15, 0.2) is 5.13 Å². The van der Waals surface area contributed by atoms with Gasteiger partial charge in [-0.25, -0.2) is 14.6 Å². The number of thiazole rings is 1. The van der Waals surface area contributed by atoms with E-state index in [1.165, 1.54) is 23.1 Å². The number of thioether (sulfide) groups is 1. The molecule has 0 fully saturated rings. The number of rotatable bonds is 6. The van der Waals surface area contributed by atoms with E-state index in [0.29, 0.717) is 17.3 Å². The van der Waals surface area contributed by atoms with Crippen LogP contribution in [-0.2, 0) is 4.79 Å². The number of amides is 2. The highest BCUT2D eigenvalue weighted by Gasteiger charge is 2.19. The Bertz CT molecular complexity index is 427. The average molecular weight is 354 g/mol. The standard InChI is InChI=1S/C9H12BrN3O3S2/c1-17-3-2-5(7(14)15)12-8(16)13-9-11-4-6(10)18-9/h4-5H,2-3H2,1H3,(H,14,15)(H2,11,12,13,16)/t5-/m1/s1. The van der Waals surface area contributed by atoms with E-state index in [1.54, 1.807) is 6.20 Å². The number of anilines is 1. The number of nitrogens with zero attached hydrogens (tertiary/aromatic N) is 1. The van der Waals surface area contributed by atoms with Crippen molar-refractivity contribution in [2.75, 3.05) is 17.3 Å². The molecule has 18 heavy (non-hydrogen) atoms.